The van der Waals surface area contributed by atoms with Crippen molar-refractivity contribution in [2.24, 2.45) is 35.5 Å². The average Bonchev–Trinajstić information content (AvgIpc) is 1.09. The molecule has 1 saturated carbocycles. The molecule has 0 radical (unpaired) electrons. The molecule has 90 heavy (non-hydrogen) atoms. The number of amides is 2. The number of cyclic esters (lactones) is 1. The van der Waals surface area contributed by atoms with Gasteiger partial charge in [0.05, 0.1) is 24.9 Å². The molecule has 22 nitrogen and oxygen atoms in total. The summed E-state index contributed by atoms with van der Waals surface area (Å²) in [4.78, 5) is 112. The van der Waals surface area contributed by atoms with Gasteiger partial charge < -0.3 is 63.4 Å². The second kappa shape index (κ2) is 36.0. The summed E-state index contributed by atoms with van der Waals surface area (Å²) in [6.45, 7) is 17.0. The van der Waals surface area contributed by atoms with E-state index < -0.39 is 102 Å². The van der Waals surface area contributed by atoms with E-state index in [0.29, 0.717) is 88.7 Å². The zero-order valence-corrected chi connectivity index (χ0v) is 55.3. The Balaban J connectivity index is 1.09. The van der Waals surface area contributed by atoms with Crippen LogP contribution >= 0.6 is 0 Å². The number of carbonyl (C=O) groups excluding carboxylic acids is 7. The maximum absolute atomic E-state index is 14.7. The Bertz CT molecular complexity index is 2660. The second-order valence-corrected chi connectivity index (χ2v) is 26.0. The minimum atomic E-state index is -2.47. The van der Waals surface area contributed by atoms with Crippen LogP contribution < -0.4 is 10.2 Å². The molecule has 1 aromatic heterocycles. The van der Waals surface area contributed by atoms with Gasteiger partial charge in [0, 0.05) is 129 Å². The molecule has 0 spiro atoms. The number of esters is 2. The Labute approximate surface area is 533 Å². The van der Waals surface area contributed by atoms with E-state index in [1.54, 1.807) is 60.4 Å². The van der Waals surface area contributed by atoms with Crippen molar-refractivity contribution in [2.75, 3.05) is 79.2 Å². The largest absolute Gasteiger partial charge is 0.460 e. The minimum Gasteiger partial charge on any atom is -0.460 e. The number of nitrogens with zero attached hydrogens (tertiary/aromatic N) is 5. The first kappa shape index (κ1) is 73.5. The first-order chi connectivity index (χ1) is 43.0. The monoisotopic (exact) mass is 1260 g/mol. The number of fused-ring (bicyclic) bond motifs is 3. The lowest BCUT2D eigenvalue weighted by Gasteiger charge is -2.42. The molecule has 502 valence electrons. The van der Waals surface area contributed by atoms with Crippen LogP contribution in [0.15, 0.2) is 60.0 Å². The molecule has 1 aromatic rings. The Morgan fingerprint density at radius 2 is 1.56 bits per heavy atom. The van der Waals surface area contributed by atoms with Crippen LogP contribution in [0.1, 0.15) is 150 Å². The summed E-state index contributed by atoms with van der Waals surface area (Å²) in [5.41, 5.74) is 2.01. The van der Waals surface area contributed by atoms with Gasteiger partial charge >= 0.3 is 11.9 Å². The van der Waals surface area contributed by atoms with Crippen LogP contribution in [0.2, 0.25) is 0 Å². The lowest BCUT2D eigenvalue weighted by Crippen LogP contribution is -2.61. The number of ether oxygens (including phenoxy) is 7. The number of nitrogens with one attached hydrogen (secondary N) is 1. The highest BCUT2D eigenvalue weighted by Gasteiger charge is 2.53. The number of likely N-dealkylation sites (N-methyl/N-ethyl adjacent to an activating group) is 1. The van der Waals surface area contributed by atoms with Crippen LogP contribution in [0.3, 0.4) is 0 Å². The maximum Gasteiger partial charge on any atom is 0.329 e. The molecule has 22 heteroatoms. The van der Waals surface area contributed by atoms with Crippen LogP contribution in [0.4, 0.5) is 5.95 Å². The highest BCUT2D eigenvalue weighted by atomic mass is 16.6. The van der Waals surface area contributed by atoms with Gasteiger partial charge in [0.15, 0.2) is 5.78 Å². The lowest BCUT2D eigenvalue weighted by atomic mass is 9.78. The van der Waals surface area contributed by atoms with Crippen molar-refractivity contribution in [2.45, 2.75) is 206 Å². The molecule has 0 aromatic carbocycles. The minimum absolute atomic E-state index is 0.00188. The fraction of sp³-hybridized carbons (Fsp3) is 0.721. The first-order valence-electron chi connectivity index (χ1n) is 32.7. The number of aliphatic hydroxyl groups excluding tert-OH is 1. The summed E-state index contributed by atoms with van der Waals surface area (Å²) in [6, 6.07) is -1.20. The molecule has 3 saturated heterocycles. The van der Waals surface area contributed by atoms with Gasteiger partial charge in [-0.15, -0.1) is 0 Å². The van der Waals surface area contributed by atoms with E-state index in [9.17, 15) is 43.8 Å². The van der Waals surface area contributed by atoms with Gasteiger partial charge in [0.25, 0.3) is 11.7 Å². The molecule has 3 N–H and O–H groups in total. The lowest BCUT2D eigenvalue weighted by molar-refractivity contribution is -0.265. The van der Waals surface area contributed by atoms with Crippen LogP contribution in [0, 0.1) is 35.5 Å². The molecule has 4 aliphatic heterocycles. The van der Waals surface area contributed by atoms with Crippen LogP contribution in [0.5, 0.6) is 0 Å². The van der Waals surface area contributed by atoms with Gasteiger partial charge in [0.1, 0.15) is 36.2 Å². The molecule has 4 fully saturated rings. The molecular weight excluding hydrogens is 1160 g/mol. The Morgan fingerprint density at radius 1 is 0.822 bits per heavy atom. The second-order valence-electron chi connectivity index (χ2n) is 26.0. The topological polar surface area (TPSA) is 272 Å². The summed E-state index contributed by atoms with van der Waals surface area (Å²) >= 11 is 0. The number of rotatable bonds is 17. The number of aromatic nitrogens is 2. The SMILES string of the molecule is CO[C@H]1C[C@@H]2CC[C@@H](C)[C@@](O)(O2)C(=O)C(=O)N2CCCC[C@H]2C(=O)O[C@H]([C@H](C)C[C@@H]2CC[C@@H](OC(=O)CCCOCCC(=O)NCc3cnc(N4CCN(C)CC4)nc3)[C@H](OC)C2)CC(=O)[C@H](C)/C=C(\C)[C@@H](O)[C@@H](OC)C(=O)[C@H](C)C[C@H](C)/C=C/C=C/C=C/1C. The van der Waals surface area contributed by atoms with Crippen molar-refractivity contribution < 1.29 is 76.9 Å². The molecule has 5 aliphatic rings. The number of ketones is 3. The van der Waals surface area contributed by atoms with Crippen molar-refractivity contribution >= 4 is 47.1 Å². The van der Waals surface area contributed by atoms with E-state index in [-0.39, 0.29) is 74.8 Å². The number of carbonyl (C=O) groups is 7. The van der Waals surface area contributed by atoms with E-state index in [1.807, 2.05) is 51.2 Å². The highest BCUT2D eigenvalue weighted by Crippen LogP contribution is 2.38. The number of hydrogen-bond acceptors (Lipinski definition) is 20. The van der Waals surface area contributed by atoms with Crippen molar-refractivity contribution in [3.8, 4) is 0 Å². The quantitative estimate of drug-likeness (QED) is 0.0628. The molecule has 2 bridgehead atoms. The molecule has 5 heterocycles. The van der Waals surface area contributed by atoms with Crippen molar-refractivity contribution in [1.82, 2.24) is 25.1 Å². The van der Waals surface area contributed by atoms with E-state index in [1.165, 1.54) is 12.0 Å². The Hall–Kier alpha value is -5.59. The maximum atomic E-state index is 14.7. The fourth-order valence-corrected chi connectivity index (χ4v) is 12.9. The molecule has 15 atom stereocenters. The van der Waals surface area contributed by atoms with Crippen molar-refractivity contribution in [1.29, 1.82) is 0 Å². The van der Waals surface area contributed by atoms with Crippen molar-refractivity contribution in [3.05, 3.63) is 65.6 Å². The summed E-state index contributed by atoms with van der Waals surface area (Å²) in [5, 5.41) is 26.6. The smallest absolute Gasteiger partial charge is 0.329 e. The third-order valence-corrected chi connectivity index (χ3v) is 18.8. The average molecular weight is 1260 g/mol. The van der Waals surface area contributed by atoms with E-state index in [0.717, 1.165) is 37.3 Å². The van der Waals surface area contributed by atoms with Gasteiger partial charge in [-0.05, 0) is 120 Å². The summed E-state index contributed by atoms with van der Waals surface area (Å²) in [6.07, 6.45) is 14.4. The van der Waals surface area contributed by atoms with Gasteiger partial charge in [-0.25, -0.2) is 14.8 Å². The van der Waals surface area contributed by atoms with Crippen molar-refractivity contribution in [3.63, 3.8) is 0 Å². The van der Waals surface area contributed by atoms with Gasteiger partial charge in [-0.2, -0.15) is 0 Å². The summed E-state index contributed by atoms with van der Waals surface area (Å²) in [5.74, 6) is -8.42. The standard InChI is InChI=1S/C68H104N6O16/c1-43-18-13-12-14-19-44(2)56(84-9)38-52-24-22-49(7)68(83,90-52)64(80)65(81)74-27-16-15-20-53(74)66(82)89-57(39-54(75)45(3)35-48(6)62(79)63(86-11)61(78)47(5)34-43)46(4)36-50-23-25-55(58(37-50)85-10)88-60(77)21-17-32-87-33-26-59(76)69-40-51-41-70-67(71-42-51)73-30-28-72(8)29-31-73/h12-14,18-19,35,41-43,45-47,49-50,52-53,55-58,62-63,79,83H,15-17,20-34,36-40H2,1-11H3,(H,69,76)/b14-12+,18-13+,44-19+,48-35+/t43-,45-,46-,47-,49-,50+,52+,53+,55-,56+,57+,58-,62-,63+,68-/m1/s1. The number of piperazine rings is 1. The third kappa shape index (κ3) is 21.2. The molecule has 2 amide bonds. The number of hydrogen-bond donors (Lipinski definition) is 3. The number of methoxy groups -OCH3 is 3. The molecule has 1 aliphatic carbocycles. The first-order valence-corrected chi connectivity index (χ1v) is 32.7. The van der Waals surface area contributed by atoms with Gasteiger partial charge in [0.2, 0.25) is 17.6 Å². The molecule has 0 unspecified atom stereocenters. The number of aliphatic hydroxyl groups is 2. The van der Waals surface area contributed by atoms with Gasteiger partial charge in [-0.1, -0.05) is 71.1 Å². The highest BCUT2D eigenvalue weighted by molar-refractivity contribution is 6.39. The number of anilines is 1. The molecular formula is C68H104N6O16. The van der Waals surface area contributed by atoms with E-state index in [4.69, 9.17) is 33.2 Å². The zero-order valence-electron chi connectivity index (χ0n) is 55.3. The van der Waals surface area contributed by atoms with E-state index in [2.05, 4.69) is 32.1 Å². The summed E-state index contributed by atoms with van der Waals surface area (Å²) in [7, 11) is 6.60. The molecule has 6 rings (SSSR count). The summed E-state index contributed by atoms with van der Waals surface area (Å²) < 4.78 is 41.6. The normalized spacial score (nSPS) is 33.6. The Kier molecular flexibility index (Phi) is 29.4. The zero-order chi connectivity index (χ0) is 65.7. The number of piperidine rings is 1. The number of allylic oxidation sites excluding steroid dienone is 6. The Morgan fingerprint density at radius 3 is 2.26 bits per heavy atom. The van der Waals surface area contributed by atoms with Gasteiger partial charge in [-0.3, -0.25) is 28.8 Å². The number of Topliss-reactive ketones (excluding diaryl/α,β-unsaturated/α-hetero) is 3. The van der Waals surface area contributed by atoms with Crippen LogP contribution in [0.25, 0.3) is 0 Å². The van der Waals surface area contributed by atoms with Crippen LogP contribution in [-0.2, 0) is 73.3 Å². The predicted octanol–water partition coefficient (Wildman–Crippen LogP) is 6.78. The third-order valence-electron chi connectivity index (χ3n) is 18.8. The van der Waals surface area contributed by atoms with Crippen LogP contribution in [-0.4, -0.2) is 200 Å². The fourth-order valence-electron chi connectivity index (χ4n) is 12.9. The van der Waals surface area contributed by atoms with E-state index >= 15 is 0 Å². The predicted molar refractivity (Wildman–Crippen MR) is 337 cm³/mol.